The molecule has 0 unspecified atom stereocenters. The van der Waals surface area contributed by atoms with E-state index < -0.39 is 10.0 Å². The van der Waals surface area contributed by atoms with Gasteiger partial charge in [-0.25, -0.2) is 4.83 Å². The van der Waals surface area contributed by atoms with Gasteiger partial charge >= 0.3 is 0 Å². The minimum atomic E-state index is -3.68. The zero-order valence-electron chi connectivity index (χ0n) is 12.4. The van der Waals surface area contributed by atoms with Crippen LogP contribution in [0.25, 0.3) is 0 Å². The SMILES string of the molecule is Cc1ccc(S(=O)(=O)N/N=C\c2ccc(OCC#N)cc2)cc1. The van der Waals surface area contributed by atoms with Gasteiger partial charge in [0, 0.05) is 0 Å². The van der Waals surface area contributed by atoms with Crippen LogP contribution in [0.3, 0.4) is 0 Å². The van der Waals surface area contributed by atoms with Crippen molar-refractivity contribution in [3.63, 3.8) is 0 Å². The number of ether oxygens (including phenoxy) is 1. The Morgan fingerprint density at radius 3 is 2.43 bits per heavy atom. The summed E-state index contributed by atoms with van der Waals surface area (Å²) in [6.07, 6.45) is 1.39. The summed E-state index contributed by atoms with van der Waals surface area (Å²) >= 11 is 0. The topological polar surface area (TPSA) is 91.6 Å². The summed E-state index contributed by atoms with van der Waals surface area (Å²) in [6, 6.07) is 15.1. The molecule has 0 saturated carbocycles. The molecule has 0 aliphatic rings. The predicted molar refractivity (Wildman–Crippen MR) is 86.6 cm³/mol. The minimum Gasteiger partial charge on any atom is -0.479 e. The summed E-state index contributed by atoms with van der Waals surface area (Å²) in [5.41, 5.74) is 1.67. The normalized spacial score (nSPS) is 11.1. The van der Waals surface area contributed by atoms with Crippen LogP contribution in [0.2, 0.25) is 0 Å². The molecule has 0 spiro atoms. The lowest BCUT2D eigenvalue weighted by molar-refractivity contribution is 0.368. The van der Waals surface area contributed by atoms with Gasteiger partial charge < -0.3 is 4.74 Å². The fraction of sp³-hybridized carbons (Fsp3) is 0.125. The Hall–Kier alpha value is -2.85. The van der Waals surface area contributed by atoms with Crippen molar-refractivity contribution in [3.8, 4) is 11.8 Å². The third-order valence-electron chi connectivity index (χ3n) is 2.90. The summed E-state index contributed by atoms with van der Waals surface area (Å²) in [5, 5.41) is 12.2. The van der Waals surface area contributed by atoms with E-state index in [1.807, 2.05) is 13.0 Å². The number of hydrazone groups is 1. The largest absolute Gasteiger partial charge is 0.479 e. The molecule has 0 aromatic heterocycles. The highest BCUT2D eigenvalue weighted by atomic mass is 32.2. The Morgan fingerprint density at radius 1 is 1.17 bits per heavy atom. The fourth-order valence-electron chi connectivity index (χ4n) is 1.71. The fourth-order valence-corrected chi connectivity index (χ4v) is 2.50. The molecule has 1 N–H and O–H groups in total. The molecule has 23 heavy (non-hydrogen) atoms. The summed E-state index contributed by atoms with van der Waals surface area (Å²) in [5.74, 6) is 0.559. The van der Waals surface area contributed by atoms with Crippen molar-refractivity contribution in [3.05, 3.63) is 59.7 Å². The number of benzene rings is 2. The van der Waals surface area contributed by atoms with E-state index >= 15 is 0 Å². The molecule has 0 radical (unpaired) electrons. The average Bonchev–Trinajstić information content (AvgIpc) is 2.54. The lowest BCUT2D eigenvalue weighted by Crippen LogP contribution is -2.18. The molecule has 2 rings (SSSR count). The first-order valence-corrected chi connectivity index (χ1v) is 8.21. The van der Waals surface area contributed by atoms with Crippen molar-refractivity contribution in [2.45, 2.75) is 11.8 Å². The van der Waals surface area contributed by atoms with Crippen molar-refractivity contribution >= 4 is 16.2 Å². The Labute approximate surface area is 135 Å². The van der Waals surface area contributed by atoms with Crippen LogP contribution >= 0.6 is 0 Å². The van der Waals surface area contributed by atoms with Gasteiger partial charge in [-0.1, -0.05) is 17.7 Å². The summed E-state index contributed by atoms with van der Waals surface area (Å²) in [6.45, 7) is 1.86. The molecule has 0 aliphatic heterocycles. The van der Waals surface area contributed by atoms with Crippen molar-refractivity contribution in [1.29, 1.82) is 5.26 Å². The van der Waals surface area contributed by atoms with E-state index in [1.165, 1.54) is 18.3 Å². The second kappa shape index (κ2) is 7.42. The number of aryl methyl sites for hydroxylation is 1. The number of hydrogen-bond acceptors (Lipinski definition) is 5. The van der Waals surface area contributed by atoms with Gasteiger partial charge in [-0.05, 0) is 48.9 Å². The highest BCUT2D eigenvalue weighted by Crippen LogP contribution is 2.11. The predicted octanol–water partition coefficient (Wildman–Crippen LogP) is 2.21. The summed E-state index contributed by atoms with van der Waals surface area (Å²) < 4.78 is 29.2. The van der Waals surface area contributed by atoms with Crippen molar-refractivity contribution in [2.24, 2.45) is 5.10 Å². The number of hydrogen-bond donors (Lipinski definition) is 1. The molecule has 0 fully saturated rings. The van der Waals surface area contributed by atoms with Gasteiger partial charge in [0.05, 0.1) is 11.1 Å². The maximum absolute atomic E-state index is 12.0. The molecule has 118 valence electrons. The molecular weight excluding hydrogens is 314 g/mol. The van der Waals surface area contributed by atoms with E-state index in [-0.39, 0.29) is 11.5 Å². The molecule has 0 saturated heterocycles. The first kappa shape index (κ1) is 16.5. The van der Waals surface area contributed by atoms with E-state index in [9.17, 15) is 8.42 Å². The molecule has 0 heterocycles. The highest BCUT2D eigenvalue weighted by Gasteiger charge is 2.11. The number of sulfonamides is 1. The number of nitrogens with zero attached hydrogens (tertiary/aromatic N) is 2. The van der Waals surface area contributed by atoms with Crippen molar-refractivity contribution in [1.82, 2.24) is 4.83 Å². The van der Waals surface area contributed by atoms with Gasteiger partial charge in [-0.2, -0.15) is 18.8 Å². The standard InChI is InChI=1S/C16H15N3O3S/c1-13-2-8-16(9-3-13)23(20,21)19-18-12-14-4-6-15(7-5-14)22-11-10-17/h2-9,12,19H,11H2,1H3/b18-12-. The van der Waals surface area contributed by atoms with E-state index in [0.717, 1.165) is 5.56 Å². The van der Waals surface area contributed by atoms with Gasteiger partial charge in [0.25, 0.3) is 10.0 Å². The van der Waals surface area contributed by atoms with Crippen LogP contribution in [-0.4, -0.2) is 21.2 Å². The molecule has 0 atom stereocenters. The van der Waals surface area contributed by atoms with Crippen LogP contribution in [0.15, 0.2) is 58.5 Å². The Morgan fingerprint density at radius 2 is 1.83 bits per heavy atom. The maximum Gasteiger partial charge on any atom is 0.276 e. The van der Waals surface area contributed by atoms with Crippen molar-refractivity contribution in [2.75, 3.05) is 6.61 Å². The highest BCUT2D eigenvalue weighted by molar-refractivity contribution is 7.89. The average molecular weight is 329 g/mol. The first-order valence-electron chi connectivity index (χ1n) is 6.72. The molecule has 0 amide bonds. The van der Waals surface area contributed by atoms with Crippen LogP contribution in [0.4, 0.5) is 0 Å². The Bertz CT molecular complexity index is 820. The zero-order valence-corrected chi connectivity index (χ0v) is 13.2. The molecule has 2 aromatic carbocycles. The lowest BCUT2D eigenvalue weighted by Gasteiger charge is -2.04. The molecule has 7 heteroatoms. The van der Waals surface area contributed by atoms with Crippen LogP contribution in [0, 0.1) is 18.3 Å². The van der Waals surface area contributed by atoms with Gasteiger partial charge in [0.2, 0.25) is 0 Å². The third kappa shape index (κ3) is 4.83. The van der Waals surface area contributed by atoms with E-state index in [1.54, 1.807) is 36.4 Å². The van der Waals surface area contributed by atoms with Gasteiger partial charge in [0.1, 0.15) is 11.8 Å². The molecule has 0 aliphatic carbocycles. The van der Waals surface area contributed by atoms with Crippen LogP contribution in [0.1, 0.15) is 11.1 Å². The summed E-state index contributed by atoms with van der Waals surface area (Å²) in [7, 11) is -3.68. The molecule has 6 nitrogen and oxygen atoms in total. The van der Waals surface area contributed by atoms with E-state index in [0.29, 0.717) is 11.3 Å². The second-order valence-corrected chi connectivity index (χ2v) is 6.34. The number of nitriles is 1. The molecular formula is C16H15N3O3S. The smallest absolute Gasteiger partial charge is 0.276 e. The van der Waals surface area contributed by atoms with Crippen molar-refractivity contribution < 1.29 is 13.2 Å². The first-order chi connectivity index (χ1) is 11.0. The Kier molecular flexibility index (Phi) is 5.33. The minimum absolute atomic E-state index is 0.0240. The second-order valence-electron chi connectivity index (χ2n) is 4.68. The van der Waals surface area contributed by atoms with Gasteiger partial charge in [-0.15, -0.1) is 0 Å². The van der Waals surface area contributed by atoms with Gasteiger partial charge in [0.15, 0.2) is 6.61 Å². The lowest BCUT2D eigenvalue weighted by atomic mass is 10.2. The maximum atomic E-state index is 12.0. The van der Waals surface area contributed by atoms with E-state index in [2.05, 4.69) is 9.93 Å². The molecule has 0 bridgehead atoms. The number of rotatable bonds is 6. The third-order valence-corrected chi connectivity index (χ3v) is 4.14. The monoisotopic (exact) mass is 329 g/mol. The van der Waals surface area contributed by atoms with Crippen LogP contribution < -0.4 is 9.57 Å². The Balaban J connectivity index is 2.00. The van der Waals surface area contributed by atoms with E-state index in [4.69, 9.17) is 10.00 Å². The zero-order chi connectivity index (χ0) is 16.7. The number of nitrogens with one attached hydrogen (secondary N) is 1. The van der Waals surface area contributed by atoms with Crippen LogP contribution in [0.5, 0.6) is 5.75 Å². The quantitative estimate of drug-likeness (QED) is 0.649. The van der Waals surface area contributed by atoms with Gasteiger partial charge in [-0.3, -0.25) is 0 Å². The van der Waals surface area contributed by atoms with Crippen LogP contribution in [-0.2, 0) is 10.0 Å². The summed E-state index contributed by atoms with van der Waals surface area (Å²) in [4.78, 5) is 2.31. The molecule has 2 aromatic rings.